The van der Waals surface area contributed by atoms with Gasteiger partial charge in [0.25, 0.3) is 11.8 Å². The molecule has 53 heavy (non-hydrogen) atoms. The first kappa shape index (κ1) is 35.7. The molecule has 2 aromatic carbocycles. The number of primary amides is 1. The first-order valence-electron chi connectivity index (χ1n) is 16.4. The van der Waals surface area contributed by atoms with Gasteiger partial charge in [-0.2, -0.15) is 0 Å². The number of Topliss-reactive ketones (excluding diaryl/α,β-unsaturated/α-hetero) is 1. The summed E-state index contributed by atoms with van der Waals surface area (Å²) in [5.41, 5.74) is 8.20. The van der Waals surface area contributed by atoms with Crippen molar-refractivity contribution in [1.82, 2.24) is 29.9 Å². The van der Waals surface area contributed by atoms with E-state index in [1.165, 1.54) is 23.0 Å². The third-order valence-corrected chi connectivity index (χ3v) is 8.33. The Bertz CT molecular complexity index is 2250. The largest absolute Gasteiger partial charge is 0.458 e. The van der Waals surface area contributed by atoms with E-state index in [9.17, 15) is 24.0 Å². The van der Waals surface area contributed by atoms with Gasteiger partial charge in [-0.05, 0) is 80.4 Å². The molecule has 0 aliphatic heterocycles. The van der Waals surface area contributed by atoms with Crippen LogP contribution < -0.4 is 21.7 Å². The van der Waals surface area contributed by atoms with Crippen molar-refractivity contribution in [2.24, 2.45) is 11.1 Å². The van der Waals surface area contributed by atoms with Crippen molar-refractivity contribution in [1.29, 1.82) is 0 Å². The van der Waals surface area contributed by atoms with Gasteiger partial charge in [0.2, 0.25) is 11.9 Å². The Morgan fingerprint density at radius 2 is 1.79 bits per heavy atom. The average Bonchev–Trinajstić information content (AvgIpc) is 3.59. The summed E-state index contributed by atoms with van der Waals surface area (Å²) in [5, 5.41) is 16.3. The van der Waals surface area contributed by atoms with Crippen LogP contribution in [0.15, 0.2) is 97.1 Å². The fourth-order valence-electron chi connectivity index (χ4n) is 5.51. The van der Waals surface area contributed by atoms with E-state index in [1.54, 1.807) is 68.0 Å². The molecule has 1 aliphatic carbocycles. The molecule has 268 valence electrons. The van der Waals surface area contributed by atoms with Crippen LogP contribution in [0.25, 0.3) is 11.3 Å². The van der Waals surface area contributed by atoms with E-state index in [2.05, 4.69) is 41.2 Å². The smallest absolute Gasteiger partial charge is 0.316 e. The van der Waals surface area contributed by atoms with E-state index in [0.29, 0.717) is 17.3 Å². The van der Waals surface area contributed by atoms with Gasteiger partial charge >= 0.3 is 5.97 Å². The predicted octanol–water partition coefficient (Wildman–Crippen LogP) is 3.90. The zero-order chi connectivity index (χ0) is 37.5. The van der Waals surface area contributed by atoms with Crippen LogP contribution in [-0.4, -0.2) is 59.4 Å². The number of carbonyl (C=O) groups is 5. The number of rotatable bonds is 12. The van der Waals surface area contributed by atoms with Crippen molar-refractivity contribution in [3.63, 3.8) is 0 Å². The van der Waals surface area contributed by atoms with Crippen LogP contribution in [0.3, 0.4) is 0 Å². The molecule has 16 nitrogen and oxygen atoms in total. The molecule has 5 aromatic rings. The molecule has 0 fully saturated rings. The summed E-state index contributed by atoms with van der Waals surface area (Å²) in [6.45, 7) is 3.04. The first-order valence-corrected chi connectivity index (χ1v) is 16.4. The highest BCUT2D eigenvalue weighted by Crippen LogP contribution is 2.34. The third kappa shape index (κ3) is 8.80. The van der Waals surface area contributed by atoms with E-state index in [0.717, 1.165) is 22.5 Å². The van der Waals surface area contributed by atoms with Gasteiger partial charge in [-0.25, -0.2) is 14.6 Å². The number of hydrogen-bond donors (Lipinski definition) is 4. The summed E-state index contributed by atoms with van der Waals surface area (Å²) in [5.74, 6) is -2.45. The monoisotopic (exact) mass is 714 g/mol. The normalized spacial score (nSPS) is 15.2. The number of esters is 1. The van der Waals surface area contributed by atoms with Crippen molar-refractivity contribution in [2.45, 2.75) is 39.8 Å². The summed E-state index contributed by atoms with van der Waals surface area (Å²) in [4.78, 5) is 76.5. The summed E-state index contributed by atoms with van der Waals surface area (Å²) >= 11 is 0. The first-order chi connectivity index (χ1) is 25.5. The number of hydrogen-bond acceptors (Lipinski definition) is 12. The lowest BCUT2D eigenvalue weighted by Gasteiger charge is -2.28. The Morgan fingerprint density at radius 1 is 0.981 bits per heavy atom. The molecule has 0 radical (unpaired) electrons. The second-order valence-corrected chi connectivity index (χ2v) is 12.5. The number of ether oxygens (including phenoxy) is 1. The second-order valence-electron chi connectivity index (χ2n) is 12.5. The van der Waals surface area contributed by atoms with Crippen molar-refractivity contribution in [3.8, 4) is 11.3 Å². The molecule has 0 saturated carbocycles. The summed E-state index contributed by atoms with van der Waals surface area (Å²) in [7, 11) is 0. The molecule has 0 unspecified atom stereocenters. The zero-order valence-electron chi connectivity index (χ0n) is 28.7. The van der Waals surface area contributed by atoms with Crippen molar-refractivity contribution in [2.75, 3.05) is 16.0 Å². The van der Waals surface area contributed by atoms with E-state index in [1.807, 2.05) is 19.1 Å². The number of amides is 3. The van der Waals surface area contributed by atoms with Crippen LogP contribution in [0.5, 0.6) is 0 Å². The minimum Gasteiger partial charge on any atom is -0.458 e. The van der Waals surface area contributed by atoms with E-state index in [4.69, 9.17) is 10.5 Å². The van der Waals surface area contributed by atoms with Crippen LogP contribution in [0.2, 0.25) is 0 Å². The Hall–Kier alpha value is -7.10. The summed E-state index contributed by atoms with van der Waals surface area (Å²) < 4.78 is 6.62. The van der Waals surface area contributed by atoms with Crippen molar-refractivity contribution >= 4 is 52.5 Å². The van der Waals surface area contributed by atoms with Gasteiger partial charge in [-0.3, -0.25) is 29.0 Å². The number of carbonyl (C=O) groups excluding carboxylic acids is 5. The molecule has 3 amide bonds. The number of nitrogens with two attached hydrogens (primary N) is 1. The molecule has 0 spiro atoms. The molecule has 0 saturated heterocycles. The lowest BCUT2D eigenvalue weighted by molar-refractivity contribution is -0.154. The molecule has 16 heteroatoms. The number of anilines is 4. The molecule has 5 N–H and O–H groups in total. The standard InChI is InChI=1S/C37H34N10O6/c1-22-15-26(8-9-29(22)43-36-40-14-11-30(44-36)24-6-4-13-39-18-24)41-33(50)23-5-3-7-25(16-23)42-34(51)28-17-37(2,12-10-31(28)48)35(52)53-21-27-19-47(46-45-27)20-32(38)49/h3-9,11,13-19H,10,12,20-21H2,1-2H3,(H2,38,49)(H,41,50)(H,42,51)(H,40,43,44)/t37-/m0/s1. The lowest BCUT2D eigenvalue weighted by atomic mass is 9.77. The number of ketones is 1. The van der Waals surface area contributed by atoms with Crippen LogP contribution in [0, 0.1) is 12.3 Å². The zero-order valence-corrected chi connectivity index (χ0v) is 28.7. The minimum absolute atomic E-state index is 0.0549. The maximum atomic E-state index is 13.3. The molecular weight excluding hydrogens is 680 g/mol. The number of pyridine rings is 1. The summed E-state index contributed by atoms with van der Waals surface area (Å²) in [6.07, 6.45) is 7.88. The SMILES string of the molecule is Cc1cc(NC(=O)c2cccc(NC(=O)C3=C[C@@](C)(C(=O)OCc4cn(CC(N)=O)nn4)CCC3=O)c2)ccc1Nc1nccc(-c2cccnc2)n1. The summed E-state index contributed by atoms with van der Waals surface area (Å²) in [6, 6.07) is 17.1. The second kappa shape index (κ2) is 15.4. The molecular formula is C37H34N10O6. The van der Waals surface area contributed by atoms with Gasteiger partial charge in [-0.1, -0.05) is 17.4 Å². The predicted molar refractivity (Wildman–Crippen MR) is 192 cm³/mol. The highest BCUT2D eigenvalue weighted by atomic mass is 16.5. The van der Waals surface area contributed by atoms with Crippen LogP contribution in [-0.2, 0) is 37.1 Å². The topological polar surface area (TPSA) is 226 Å². The van der Waals surface area contributed by atoms with Crippen molar-refractivity contribution in [3.05, 3.63) is 114 Å². The minimum atomic E-state index is -1.27. The van der Waals surface area contributed by atoms with E-state index < -0.39 is 34.9 Å². The highest BCUT2D eigenvalue weighted by Gasteiger charge is 2.40. The van der Waals surface area contributed by atoms with Gasteiger partial charge < -0.3 is 26.4 Å². The van der Waals surface area contributed by atoms with Gasteiger partial charge in [0.15, 0.2) is 5.78 Å². The highest BCUT2D eigenvalue weighted by molar-refractivity contribution is 6.24. The quantitative estimate of drug-likeness (QED) is 0.107. The van der Waals surface area contributed by atoms with Crippen LogP contribution in [0.1, 0.15) is 41.4 Å². The Morgan fingerprint density at radius 3 is 2.57 bits per heavy atom. The van der Waals surface area contributed by atoms with Crippen molar-refractivity contribution < 1.29 is 28.7 Å². The Labute approximate surface area is 302 Å². The average molecular weight is 715 g/mol. The van der Waals surface area contributed by atoms with Crippen LogP contribution in [0.4, 0.5) is 23.0 Å². The lowest BCUT2D eigenvalue weighted by Crippen LogP contribution is -2.35. The van der Waals surface area contributed by atoms with Gasteiger partial charge in [0.1, 0.15) is 18.8 Å². The molecule has 6 rings (SSSR count). The fourth-order valence-corrected chi connectivity index (χ4v) is 5.51. The molecule has 1 aliphatic rings. The number of nitrogens with one attached hydrogen (secondary N) is 3. The van der Waals surface area contributed by atoms with Gasteiger partial charge in [0.05, 0.1) is 22.9 Å². The maximum absolute atomic E-state index is 13.3. The molecule has 3 aromatic heterocycles. The fraction of sp³-hybridized carbons (Fsp3) is 0.189. The Balaban J connectivity index is 1.07. The number of nitrogens with zero attached hydrogens (tertiary/aromatic N) is 6. The molecule has 3 heterocycles. The van der Waals surface area contributed by atoms with Crippen LogP contribution >= 0.6 is 0 Å². The number of aromatic nitrogens is 6. The molecule has 0 bridgehead atoms. The van der Waals surface area contributed by atoms with E-state index in [-0.39, 0.29) is 42.8 Å². The molecule has 1 atom stereocenters. The maximum Gasteiger partial charge on any atom is 0.316 e. The van der Waals surface area contributed by atoms with Gasteiger partial charge in [-0.15, -0.1) is 5.10 Å². The van der Waals surface area contributed by atoms with Gasteiger partial charge in [0, 0.05) is 53.2 Å². The number of benzene rings is 2. The Kier molecular flexibility index (Phi) is 10.4. The number of aryl methyl sites for hydroxylation is 1. The van der Waals surface area contributed by atoms with E-state index >= 15 is 0 Å². The third-order valence-electron chi connectivity index (χ3n) is 8.33.